The van der Waals surface area contributed by atoms with Crippen molar-refractivity contribution in [3.8, 4) is 0 Å². The highest BCUT2D eigenvalue weighted by Gasteiger charge is 2.16. The van der Waals surface area contributed by atoms with E-state index in [0.717, 1.165) is 5.56 Å². The van der Waals surface area contributed by atoms with Crippen molar-refractivity contribution in [1.82, 2.24) is 14.5 Å². The van der Waals surface area contributed by atoms with Gasteiger partial charge in [-0.3, -0.25) is 9.55 Å². The summed E-state index contributed by atoms with van der Waals surface area (Å²) in [7, 11) is 0. The van der Waals surface area contributed by atoms with Crippen LogP contribution in [0.3, 0.4) is 0 Å². The largest absolute Gasteiger partial charge is 0.478 e. The van der Waals surface area contributed by atoms with Crippen LogP contribution in [0.1, 0.15) is 28.9 Å². The second kappa shape index (κ2) is 4.90. The number of nitrogens with one attached hydrogen (secondary N) is 1. The fourth-order valence-electron chi connectivity index (χ4n) is 2.42. The van der Waals surface area contributed by atoms with Crippen LogP contribution in [0.5, 0.6) is 0 Å². The molecule has 0 spiro atoms. The van der Waals surface area contributed by atoms with Crippen LogP contribution < -0.4 is 5.69 Å². The van der Waals surface area contributed by atoms with E-state index in [0.29, 0.717) is 11.0 Å². The Morgan fingerprint density at radius 2 is 2.19 bits per heavy atom. The minimum absolute atomic E-state index is 0.143. The summed E-state index contributed by atoms with van der Waals surface area (Å²) in [5.74, 6) is -1.02. The number of carboxylic acid groups (broad SMARTS) is 1. The number of pyridine rings is 1. The van der Waals surface area contributed by atoms with Crippen molar-refractivity contribution < 1.29 is 9.90 Å². The highest BCUT2D eigenvalue weighted by molar-refractivity contribution is 5.92. The molecule has 6 nitrogen and oxygen atoms in total. The third kappa shape index (κ3) is 2.20. The predicted octanol–water partition coefficient (Wildman–Crippen LogP) is 2.03. The second-order valence-corrected chi connectivity index (χ2v) is 4.80. The van der Waals surface area contributed by atoms with E-state index in [1.165, 1.54) is 12.1 Å². The smallest absolute Gasteiger partial charge is 0.335 e. The summed E-state index contributed by atoms with van der Waals surface area (Å²) >= 11 is 0. The van der Waals surface area contributed by atoms with Gasteiger partial charge in [0.15, 0.2) is 0 Å². The molecule has 2 heterocycles. The minimum atomic E-state index is -1.02. The van der Waals surface area contributed by atoms with Crippen LogP contribution in [0.2, 0.25) is 0 Å². The Labute approximate surface area is 119 Å². The number of aromatic amines is 1. The number of carbonyl (C=O) groups is 1. The molecule has 0 radical (unpaired) electrons. The molecule has 1 aromatic carbocycles. The first-order valence-corrected chi connectivity index (χ1v) is 6.45. The molecule has 2 N–H and O–H groups in total. The summed E-state index contributed by atoms with van der Waals surface area (Å²) < 4.78 is 1.60. The fraction of sp³-hybridized carbons (Fsp3) is 0.133. The standard InChI is InChI=1S/C15H13N3O3/c1-9(11-3-2-6-16-8-11)18-13-5-4-10(14(19)20)7-12(13)17-15(18)21/h2-9H,1H3,(H,17,21)(H,19,20). The van der Waals surface area contributed by atoms with Gasteiger partial charge in [0, 0.05) is 12.4 Å². The minimum Gasteiger partial charge on any atom is -0.478 e. The molecule has 6 heteroatoms. The van der Waals surface area contributed by atoms with E-state index >= 15 is 0 Å². The number of imidazole rings is 1. The maximum atomic E-state index is 12.2. The van der Waals surface area contributed by atoms with Crippen LogP contribution in [-0.2, 0) is 0 Å². The molecule has 0 aliphatic rings. The van der Waals surface area contributed by atoms with Gasteiger partial charge < -0.3 is 10.1 Å². The topological polar surface area (TPSA) is 88.0 Å². The van der Waals surface area contributed by atoms with E-state index in [-0.39, 0.29) is 17.3 Å². The van der Waals surface area contributed by atoms with E-state index in [4.69, 9.17) is 5.11 Å². The average molecular weight is 283 g/mol. The molecule has 3 aromatic rings. The fourth-order valence-corrected chi connectivity index (χ4v) is 2.42. The molecule has 106 valence electrons. The van der Waals surface area contributed by atoms with Crippen LogP contribution in [0, 0.1) is 0 Å². The number of fused-ring (bicyclic) bond motifs is 1. The Kier molecular flexibility index (Phi) is 3.06. The first-order valence-electron chi connectivity index (χ1n) is 6.45. The zero-order valence-electron chi connectivity index (χ0n) is 11.3. The first-order chi connectivity index (χ1) is 10.1. The quantitative estimate of drug-likeness (QED) is 0.769. The number of carboxylic acids is 1. The highest BCUT2D eigenvalue weighted by atomic mass is 16.4. The Balaban J connectivity index is 2.17. The number of aromatic nitrogens is 3. The molecule has 0 aliphatic carbocycles. The number of aromatic carboxylic acids is 1. The molecule has 0 saturated heterocycles. The number of nitrogens with zero attached hydrogens (tertiary/aromatic N) is 2. The zero-order valence-corrected chi connectivity index (χ0v) is 11.3. The van der Waals surface area contributed by atoms with Crippen LogP contribution in [0.4, 0.5) is 0 Å². The number of hydrogen-bond acceptors (Lipinski definition) is 3. The summed E-state index contributed by atoms with van der Waals surface area (Å²) in [6, 6.07) is 8.11. The average Bonchev–Trinajstić information content (AvgIpc) is 2.82. The van der Waals surface area contributed by atoms with Crippen molar-refractivity contribution in [2.75, 3.05) is 0 Å². The predicted molar refractivity (Wildman–Crippen MR) is 77.6 cm³/mol. The lowest BCUT2D eigenvalue weighted by Crippen LogP contribution is -2.21. The van der Waals surface area contributed by atoms with Crippen LogP contribution in [0.15, 0.2) is 47.5 Å². The number of H-pyrrole nitrogens is 1. The van der Waals surface area contributed by atoms with E-state index < -0.39 is 5.97 Å². The molecule has 3 rings (SSSR count). The second-order valence-electron chi connectivity index (χ2n) is 4.80. The van der Waals surface area contributed by atoms with Gasteiger partial charge in [0.25, 0.3) is 0 Å². The molecule has 0 amide bonds. The zero-order chi connectivity index (χ0) is 15.0. The van der Waals surface area contributed by atoms with Gasteiger partial charge in [-0.15, -0.1) is 0 Å². The lowest BCUT2D eigenvalue weighted by atomic mass is 10.1. The van der Waals surface area contributed by atoms with Crippen molar-refractivity contribution in [2.45, 2.75) is 13.0 Å². The Morgan fingerprint density at radius 1 is 1.38 bits per heavy atom. The molecule has 1 unspecified atom stereocenters. The van der Waals surface area contributed by atoms with Gasteiger partial charge >= 0.3 is 11.7 Å². The summed E-state index contributed by atoms with van der Waals surface area (Å²) in [6.45, 7) is 1.90. The van der Waals surface area contributed by atoms with E-state index in [2.05, 4.69) is 9.97 Å². The van der Waals surface area contributed by atoms with Crippen LogP contribution in [0.25, 0.3) is 11.0 Å². The van der Waals surface area contributed by atoms with E-state index in [1.54, 1.807) is 23.0 Å². The molecule has 0 saturated carbocycles. The summed E-state index contributed by atoms with van der Waals surface area (Å²) in [6.07, 6.45) is 3.38. The number of rotatable bonds is 3. The lowest BCUT2D eigenvalue weighted by molar-refractivity contribution is 0.0697. The van der Waals surface area contributed by atoms with Crippen molar-refractivity contribution in [3.63, 3.8) is 0 Å². The molecular weight excluding hydrogens is 270 g/mol. The highest BCUT2D eigenvalue weighted by Crippen LogP contribution is 2.21. The molecule has 0 fully saturated rings. The Bertz CT molecular complexity index is 865. The van der Waals surface area contributed by atoms with Crippen molar-refractivity contribution >= 4 is 17.0 Å². The van der Waals surface area contributed by atoms with Crippen molar-refractivity contribution in [2.24, 2.45) is 0 Å². The third-order valence-electron chi connectivity index (χ3n) is 3.52. The summed E-state index contributed by atoms with van der Waals surface area (Å²) in [4.78, 5) is 29.9. The Morgan fingerprint density at radius 3 is 2.86 bits per heavy atom. The SMILES string of the molecule is CC(c1cccnc1)n1c(=O)[nH]c2cc(C(=O)O)ccc21. The van der Waals surface area contributed by atoms with Gasteiger partial charge in [-0.25, -0.2) is 9.59 Å². The van der Waals surface area contributed by atoms with Gasteiger partial charge in [-0.05, 0) is 36.8 Å². The van der Waals surface area contributed by atoms with E-state index in [1.807, 2.05) is 19.1 Å². The van der Waals surface area contributed by atoms with Gasteiger partial charge in [-0.2, -0.15) is 0 Å². The maximum Gasteiger partial charge on any atom is 0.335 e. The van der Waals surface area contributed by atoms with Gasteiger partial charge in [0.2, 0.25) is 0 Å². The normalized spacial score (nSPS) is 12.4. The van der Waals surface area contributed by atoms with Gasteiger partial charge in [-0.1, -0.05) is 6.07 Å². The van der Waals surface area contributed by atoms with E-state index in [9.17, 15) is 9.59 Å². The first kappa shape index (κ1) is 13.1. The molecular formula is C15H13N3O3. The summed E-state index contributed by atoms with van der Waals surface area (Å²) in [5, 5.41) is 9.00. The lowest BCUT2D eigenvalue weighted by Gasteiger charge is -2.13. The molecule has 2 aromatic heterocycles. The summed E-state index contributed by atoms with van der Waals surface area (Å²) in [5.41, 5.74) is 1.95. The van der Waals surface area contributed by atoms with Gasteiger partial charge in [0.05, 0.1) is 22.6 Å². The van der Waals surface area contributed by atoms with Crippen molar-refractivity contribution in [1.29, 1.82) is 0 Å². The molecule has 0 aliphatic heterocycles. The Hall–Kier alpha value is -2.89. The molecule has 21 heavy (non-hydrogen) atoms. The van der Waals surface area contributed by atoms with Gasteiger partial charge in [0.1, 0.15) is 0 Å². The van der Waals surface area contributed by atoms with Crippen LogP contribution >= 0.6 is 0 Å². The number of benzene rings is 1. The third-order valence-corrected chi connectivity index (χ3v) is 3.52. The molecule has 1 atom stereocenters. The van der Waals surface area contributed by atoms with Crippen molar-refractivity contribution in [3.05, 3.63) is 64.3 Å². The van der Waals surface area contributed by atoms with Crippen LogP contribution in [-0.4, -0.2) is 25.6 Å². The monoisotopic (exact) mass is 283 g/mol. The molecule has 0 bridgehead atoms. The maximum absolute atomic E-state index is 12.2. The number of hydrogen-bond donors (Lipinski definition) is 2.